The summed E-state index contributed by atoms with van der Waals surface area (Å²) in [5, 5.41) is 22.5. The van der Waals surface area contributed by atoms with E-state index in [4.69, 9.17) is 20.4 Å². The predicted molar refractivity (Wildman–Crippen MR) is 152 cm³/mol. The number of esters is 1. The van der Waals surface area contributed by atoms with Crippen LogP contribution in [-0.2, 0) is 9.53 Å². The summed E-state index contributed by atoms with van der Waals surface area (Å²) in [5.41, 5.74) is 10.6. The van der Waals surface area contributed by atoms with E-state index in [-0.39, 0.29) is 35.6 Å². The fourth-order valence-corrected chi connectivity index (χ4v) is 6.27. The quantitative estimate of drug-likeness (QED) is 0.396. The Balaban J connectivity index is 1.12. The van der Waals surface area contributed by atoms with Crippen LogP contribution >= 0.6 is 0 Å². The number of piperazine rings is 1. The SMILES string of the molecule is CCOC(=O)C1CC=C(c2cnc(C3CC4CN(c5cc(-c6ccccc6O)nnc5N)CC(C3)N4)nc2)CC1. The van der Waals surface area contributed by atoms with Gasteiger partial charge in [-0.3, -0.25) is 4.79 Å². The Hall–Kier alpha value is -4.05. The number of piperidine rings is 1. The number of carbonyl (C=O) groups is 1. The van der Waals surface area contributed by atoms with Crippen LogP contribution in [0.3, 0.4) is 0 Å². The van der Waals surface area contributed by atoms with E-state index >= 15 is 0 Å². The number of aromatic nitrogens is 4. The van der Waals surface area contributed by atoms with E-state index in [0.29, 0.717) is 30.1 Å². The summed E-state index contributed by atoms with van der Waals surface area (Å²) < 4.78 is 5.18. The highest BCUT2D eigenvalue weighted by molar-refractivity contribution is 5.76. The third kappa shape index (κ3) is 5.36. The van der Waals surface area contributed by atoms with Gasteiger partial charge in [0, 0.05) is 54.6 Å². The van der Waals surface area contributed by atoms with Gasteiger partial charge in [-0.2, -0.15) is 0 Å². The zero-order valence-corrected chi connectivity index (χ0v) is 22.7. The van der Waals surface area contributed by atoms with Crippen molar-refractivity contribution in [3.63, 3.8) is 0 Å². The normalized spacial score (nSPS) is 24.3. The van der Waals surface area contributed by atoms with E-state index < -0.39 is 0 Å². The molecule has 4 N–H and O–H groups in total. The Morgan fingerprint density at radius 3 is 2.58 bits per heavy atom. The molecule has 3 unspecified atom stereocenters. The van der Waals surface area contributed by atoms with Crippen molar-refractivity contribution in [1.82, 2.24) is 25.5 Å². The van der Waals surface area contributed by atoms with Gasteiger partial charge in [0.1, 0.15) is 11.6 Å². The van der Waals surface area contributed by atoms with Crippen molar-refractivity contribution in [3.8, 4) is 17.0 Å². The number of aromatic hydroxyl groups is 1. The molecule has 40 heavy (non-hydrogen) atoms. The standard InChI is InChI=1S/C30H35N7O3/c1-2-40-30(39)19-9-7-18(8-10-19)21-14-32-29(33-15-21)20-11-22-16-37(17-23(12-20)34-22)26-13-25(35-36-28(26)31)24-5-3-4-6-27(24)38/h3-7,13-15,19-20,22-23,34,38H,2,8-12,16-17H2,1H3,(H2,31,36). The van der Waals surface area contributed by atoms with Crippen LogP contribution in [0.2, 0.25) is 0 Å². The number of allylic oxidation sites excluding steroid dienone is 2. The Labute approximate surface area is 233 Å². The van der Waals surface area contributed by atoms with E-state index in [1.54, 1.807) is 12.1 Å². The molecule has 1 aromatic carbocycles. The van der Waals surface area contributed by atoms with Gasteiger partial charge in [0.05, 0.1) is 23.9 Å². The van der Waals surface area contributed by atoms with Crippen LogP contribution in [0.1, 0.15) is 56.3 Å². The Morgan fingerprint density at radius 2 is 1.90 bits per heavy atom. The molecule has 3 aliphatic rings. The van der Waals surface area contributed by atoms with Crippen LogP contribution in [0.15, 0.2) is 48.8 Å². The molecular weight excluding hydrogens is 506 g/mol. The number of nitrogens with zero attached hydrogens (tertiary/aromatic N) is 5. The molecule has 2 bridgehead atoms. The zero-order valence-electron chi connectivity index (χ0n) is 22.7. The summed E-state index contributed by atoms with van der Waals surface area (Å²) >= 11 is 0. The lowest BCUT2D eigenvalue weighted by atomic mass is 9.84. The first kappa shape index (κ1) is 26.2. The number of carbonyl (C=O) groups excluding carboxylic acids is 1. The maximum Gasteiger partial charge on any atom is 0.309 e. The molecule has 2 fully saturated rings. The highest BCUT2D eigenvalue weighted by Gasteiger charge is 2.37. The topological polar surface area (TPSA) is 139 Å². The van der Waals surface area contributed by atoms with Gasteiger partial charge in [0.25, 0.3) is 0 Å². The summed E-state index contributed by atoms with van der Waals surface area (Å²) in [6, 6.07) is 9.57. The van der Waals surface area contributed by atoms with Crippen LogP contribution in [0, 0.1) is 5.92 Å². The molecule has 0 amide bonds. The van der Waals surface area contributed by atoms with Gasteiger partial charge < -0.3 is 25.8 Å². The molecule has 4 heterocycles. The Morgan fingerprint density at radius 1 is 1.15 bits per heavy atom. The number of para-hydroxylation sites is 1. The monoisotopic (exact) mass is 541 g/mol. The van der Waals surface area contributed by atoms with E-state index in [0.717, 1.165) is 55.8 Å². The number of rotatable bonds is 6. The number of hydrogen-bond donors (Lipinski definition) is 3. The minimum atomic E-state index is -0.0989. The molecule has 0 radical (unpaired) electrons. The lowest BCUT2D eigenvalue weighted by Crippen LogP contribution is -2.60. The average Bonchev–Trinajstić information content (AvgIpc) is 2.97. The maximum absolute atomic E-state index is 12.0. The van der Waals surface area contributed by atoms with Crippen molar-refractivity contribution in [1.29, 1.82) is 0 Å². The number of hydrogen-bond acceptors (Lipinski definition) is 10. The lowest BCUT2D eigenvalue weighted by molar-refractivity contribution is -0.148. The third-order valence-corrected chi connectivity index (χ3v) is 8.25. The first-order valence-corrected chi connectivity index (χ1v) is 14.1. The number of nitrogen functional groups attached to an aromatic ring is 1. The Kier molecular flexibility index (Phi) is 7.34. The highest BCUT2D eigenvalue weighted by atomic mass is 16.5. The van der Waals surface area contributed by atoms with Gasteiger partial charge in [-0.05, 0) is 62.8 Å². The van der Waals surface area contributed by atoms with Crippen LogP contribution in [0.5, 0.6) is 5.75 Å². The fourth-order valence-electron chi connectivity index (χ4n) is 6.27. The number of benzene rings is 1. The zero-order chi connectivity index (χ0) is 27.6. The first-order valence-electron chi connectivity index (χ1n) is 14.1. The van der Waals surface area contributed by atoms with Crippen molar-refractivity contribution in [2.45, 2.75) is 57.0 Å². The molecule has 1 aliphatic carbocycles. The number of phenolic OH excluding ortho intramolecular Hbond substituents is 1. The number of nitrogens with two attached hydrogens (primary N) is 1. The number of phenols is 1. The van der Waals surface area contributed by atoms with E-state index in [1.807, 2.05) is 37.5 Å². The van der Waals surface area contributed by atoms with Crippen LogP contribution in [0.4, 0.5) is 11.5 Å². The van der Waals surface area contributed by atoms with Gasteiger partial charge in [-0.1, -0.05) is 18.2 Å². The molecule has 2 aliphatic heterocycles. The van der Waals surface area contributed by atoms with Crippen LogP contribution < -0.4 is 16.0 Å². The molecule has 10 nitrogen and oxygen atoms in total. The highest BCUT2D eigenvalue weighted by Crippen LogP contribution is 2.37. The third-order valence-electron chi connectivity index (χ3n) is 8.25. The summed E-state index contributed by atoms with van der Waals surface area (Å²) in [6.45, 7) is 3.84. The number of ether oxygens (including phenoxy) is 1. The summed E-state index contributed by atoms with van der Waals surface area (Å²) in [4.78, 5) is 23.9. The van der Waals surface area contributed by atoms with Crippen LogP contribution in [-0.4, -0.2) is 63.0 Å². The molecule has 208 valence electrons. The fraction of sp³-hybridized carbons (Fsp3) is 0.433. The van der Waals surface area contributed by atoms with E-state index in [2.05, 4.69) is 26.5 Å². The van der Waals surface area contributed by atoms with Crippen molar-refractivity contribution in [2.75, 3.05) is 30.3 Å². The van der Waals surface area contributed by atoms with Crippen LogP contribution in [0.25, 0.3) is 16.8 Å². The maximum atomic E-state index is 12.0. The molecule has 2 aromatic heterocycles. The molecular formula is C30H35N7O3. The van der Waals surface area contributed by atoms with Gasteiger partial charge >= 0.3 is 5.97 Å². The van der Waals surface area contributed by atoms with Gasteiger partial charge in [0.2, 0.25) is 0 Å². The molecule has 2 saturated heterocycles. The van der Waals surface area contributed by atoms with Crippen molar-refractivity contribution in [3.05, 3.63) is 60.2 Å². The van der Waals surface area contributed by atoms with Crippen molar-refractivity contribution < 1.29 is 14.6 Å². The minimum absolute atomic E-state index is 0.0482. The van der Waals surface area contributed by atoms with E-state index in [9.17, 15) is 9.90 Å². The smallest absolute Gasteiger partial charge is 0.309 e. The minimum Gasteiger partial charge on any atom is -0.507 e. The number of fused-ring (bicyclic) bond motifs is 2. The average molecular weight is 542 g/mol. The summed E-state index contributed by atoms with van der Waals surface area (Å²) in [7, 11) is 0. The lowest BCUT2D eigenvalue weighted by Gasteiger charge is -2.46. The molecule has 10 heteroatoms. The van der Waals surface area contributed by atoms with Gasteiger partial charge in [-0.15, -0.1) is 10.2 Å². The second kappa shape index (κ2) is 11.2. The van der Waals surface area contributed by atoms with Crippen molar-refractivity contribution >= 4 is 23.0 Å². The molecule has 0 saturated carbocycles. The largest absolute Gasteiger partial charge is 0.507 e. The molecule has 6 rings (SSSR count). The summed E-state index contributed by atoms with van der Waals surface area (Å²) in [5.74, 6) is 1.58. The predicted octanol–water partition coefficient (Wildman–Crippen LogP) is 3.69. The summed E-state index contributed by atoms with van der Waals surface area (Å²) in [6.07, 6.45) is 10.2. The van der Waals surface area contributed by atoms with Gasteiger partial charge in [-0.25, -0.2) is 9.97 Å². The number of anilines is 2. The van der Waals surface area contributed by atoms with E-state index in [1.165, 1.54) is 5.57 Å². The second-order valence-corrected chi connectivity index (χ2v) is 10.9. The number of nitrogens with one attached hydrogen (secondary N) is 1. The van der Waals surface area contributed by atoms with Crippen molar-refractivity contribution in [2.24, 2.45) is 5.92 Å². The molecule has 3 atom stereocenters. The van der Waals surface area contributed by atoms with Gasteiger partial charge in [0.15, 0.2) is 5.82 Å². The molecule has 0 spiro atoms. The molecule has 3 aromatic rings. The first-order chi connectivity index (χ1) is 19.5. The Bertz CT molecular complexity index is 1400. The second-order valence-electron chi connectivity index (χ2n) is 10.9.